The highest BCUT2D eigenvalue weighted by Crippen LogP contribution is 2.18. The van der Waals surface area contributed by atoms with Gasteiger partial charge in [0.15, 0.2) is 0 Å². The number of thioether (sulfide) groups is 1. The molecule has 0 atom stereocenters. The minimum atomic E-state index is -0.734. The molecule has 0 radical (unpaired) electrons. The van der Waals surface area contributed by atoms with Gasteiger partial charge in [-0.15, -0.1) is 0 Å². The third-order valence-corrected chi connectivity index (χ3v) is 3.61. The summed E-state index contributed by atoms with van der Waals surface area (Å²) in [6.07, 6.45) is 1.63. The molecule has 0 aliphatic carbocycles. The summed E-state index contributed by atoms with van der Waals surface area (Å²) in [4.78, 5) is 15.8. The van der Waals surface area contributed by atoms with Crippen LogP contribution in [0.3, 0.4) is 0 Å². The van der Waals surface area contributed by atoms with E-state index in [9.17, 15) is 13.6 Å². The topological polar surface area (TPSA) is 42.0 Å². The Balaban J connectivity index is 1.90. The van der Waals surface area contributed by atoms with Crippen molar-refractivity contribution in [3.8, 4) is 0 Å². The highest BCUT2D eigenvalue weighted by Gasteiger charge is 2.07. The van der Waals surface area contributed by atoms with E-state index in [1.165, 1.54) is 11.8 Å². The molecule has 1 amide bonds. The Morgan fingerprint density at radius 3 is 2.55 bits per heavy atom. The van der Waals surface area contributed by atoms with Crippen LogP contribution in [0.1, 0.15) is 0 Å². The van der Waals surface area contributed by atoms with Crippen LogP contribution >= 0.6 is 27.7 Å². The summed E-state index contributed by atoms with van der Waals surface area (Å²) < 4.78 is 26.8. The lowest BCUT2D eigenvalue weighted by atomic mass is 10.3. The Kier molecular flexibility index (Phi) is 5.08. The van der Waals surface area contributed by atoms with Crippen molar-refractivity contribution >= 4 is 39.3 Å². The van der Waals surface area contributed by atoms with E-state index in [4.69, 9.17) is 0 Å². The molecule has 1 heterocycles. The van der Waals surface area contributed by atoms with Crippen LogP contribution in [-0.4, -0.2) is 16.6 Å². The quantitative estimate of drug-likeness (QED) is 0.844. The van der Waals surface area contributed by atoms with Crippen molar-refractivity contribution in [3.05, 3.63) is 52.6 Å². The average Bonchev–Trinajstić information content (AvgIpc) is 2.37. The molecule has 2 rings (SSSR count). The SMILES string of the molecule is O=C(CSc1ccc(Br)cn1)Nc1cc(F)cc(F)c1. The fraction of sp³-hybridized carbons (Fsp3) is 0.0769. The smallest absolute Gasteiger partial charge is 0.234 e. The molecule has 0 unspecified atom stereocenters. The maximum absolute atomic E-state index is 13.0. The van der Waals surface area contributed by atoms with Crippen molar-refractivity contribution in [2.24, 2.45) is 0 Å². The average molecular weight is 359 g/mol. The number of carbonyl (C=O) groups is 1. The van der Waals surface area contributed by atoms with Crippen molar-refractivity contribution in [2.45, 2.75) is 5.03 Å². The fourth-order valence-corrected chi connectivity index (χ4v) is 2.29. The van der Waals surface area contributed by atoms with E-state index < -0.39 is 11.6 Å². The molecule has 104 valence electrons. The molecule has 1 aromatic heterocycles. The van der Waals surface area contributed by atoms with Crippen LogP contribution in [0.5, 0.6) is 0 Å². The maximum atomic E-state index is 13.0. The van der Waals surface area contributed by atoms with Gasteiger partial charge in [-0.3, -0.25) is 4.79 Å². The number of benzene rings is 1. The van der Waals surface area contributed by atoms with Crippen LogP contribution in [0.15, 0.2) is 46.0 Å². The maximum Gasteiger partial charge on any atom is 0.234 e. The number of pyridine rings is 1. The van der Waals surface area contributed by atoms with E-state index in [0.717, 1.165) is 22.7 Å². The molecule has 20 heavy (non-hydrogen) atoms. The predicted octanol–water partition coefficient (Wildman–Crippen LogP) is 3.85. The second-order valence-corrected chi connectivity index (χ2v) is 5.72. The number of carbonyl (C=O) groups excluding carboxylic acids is 1. The van der Waals surface area contributed by atoms with Gasteiger partial charge in [-0.2, -0.15) is 0 Å². The third-order valence-electron chi connectivity index (χ3n) is 2.20. The monoisotopic (exact) mass is 358 g/mol. The van der Waals surface area contributed by atoms with Gasteiger partial charge in [-0.25, -0.2) is 13.8 Å². The molecule has 0 spiro atoms. The van der Waals surface area contributed by atoms with Crippen LogP contribution in [-0.2, 0) is 4.79 Å². The fourth-order valence-electron chi connectivity index (χ4n) is 1.41. The number of amides is 1. The first kappa shape index (κ1) is 14.9. The van der Waals surface area contributed by atoms with Gasteiger partial charge in [-0.1, -0.05) is 11.8 Å². The lowest BCUT2D eigenvalue weighted by molar-refractivity contribution is -0.113. The number of anilines is 1. The lowest BCUT2D eigenvalue weighted by Gasteiger charge is -2.05. The summed E-state index contributed by atoms with van der Waals surface area (Å²) in [5.41, 5.74) is 0.0943. The van der Waals surface area contributed by atoms with Crippen LogP contribution < -0.4 is 5.32 Å². The number of rotatable bonds is 4. The molecule has 0 aliphatic heterocycles. The minimum absolute atomic E-state index is 0.0943. The molecule has 0 saturated carbocycles. The molecule has 0 saturated heterocycles. The minimum Gasteiger partial charge on any atom is -0.325 e. The van der Waals surface area contributed by atoms with E-state index in [-0.39, 0.29) is 17.3 Å². The highest BCUT2D eigenvalue weighted by atomic mass is 79.9. The summed E-state index contributed by atoms with van der Waals surface area (Å²) in [7, 11) is 0. The van der Waals surface area contributed by atoms with Crippen LogP contribution in [0.4, 0.5) is 14.5 Å². The molecule has 1 aromatic carbocycles. The zero-order valence-corrected chi connectivity index (χ0v) is 12.5. The molecule has 0 fully saturated rings. The number of hydrogen-bond acceptors (Lipinski definition) is 3. The number of nitrogens with zero attached hydrogens (tertiary/aromatic N) is 1. The van der Waals surface area contributed by atoms with E-state index in [2.05, 4.69) is 26.2 Å². The summed E-state index contributed by atoms with van der Waals surface area (Å²) in [5, 5.41) is 3.12. The van der Waals surface area contributed by atoms with Crippen LogP contribution in [0.2, 0.25) is 0 Å². The van der Waals surface area contributed by atoms with Crippen molar-refractivity contribution in [2.75, 3.05) is 11.1 Å². The molecule has 2 aromatic rings. The molecular weight excluding hydrogens is 350 g/mol. The Labute approximate surface area is 126 Å². The van der Waals surface area contributed by atoms with Gasteiger partial charge >= 0.3 is 0 Å². The van der Waals surface area contributed by atoms with Gasteiger partial charge in [0.2, 0.25) is 5.91 Å². The van der Waals surface area contributed by atoms with Gasteiger partial charge in [0.1, 0.15) is 11.6 Å². The van der Waals surface area contributed by atoms with Gasteiger partial charge in [0.05, 0.1) is 10.8 Å². The summed E-state index contributed by atoms with van der Waals surface area (Å²) in [6, 6.07) is 6.45. The van der Waals surface area contributed by atoms with Crippen molar-refractivity contribution < 1.29 is 13.6 Å². The second kappa shape index (κ2) is 6.81. The van der Waals surface area contributed by atoms with Crippen LogP contribution in [0, 0.1) is 11.6 Å². The van der Waals surface area contributed by atoms with Gasteiger partial charge in [-0.05, 0) is 40.2 Å². The molecular formula is C13H9BrF2N2OS. The standard InChI is InChI=1S/C13H9BrF2N2OS/c14-8-1-2-13(17-6-8)20-7-12(19)18-11-4-9(15)3-10(16)5-11/h1-6H,7H2,(H,18,19). The first-order valence-electron chi connectivity index (χ1n) is 5.53. The summed E-state index contributed by atoms with van der Waals surface area (Å²) in [5.74, 6) is -1.72. The van der Waals surface area contributed by atoms with Gasteiger partial charge in [0.25, 0.3) is 0 Å². The first-order valence-corrected chi connectivity index (χ1v) is 7.31. The Morgan fingerprint density at radius 2 is 1.95 bits per heavy atom. The molecule has 0 aliphatic rings. The van der Waals surface area contributed by atoms with Gasteiger partial charge in [0, 0.05) is 22.4 Å². The van der Waals surface area contributed by atoms with Crippen molar-refractivity contribution in [1.29, 1.82) is 0 Å². The molecule has 0 bridgehead atoms. The number of hydrogen-bond donors (Lipinski definition) is 1. The van der Waals surface area contributed by atoms with Crippen LogP contribution in [0.25, 0.3) is 0 Å². The third kappa shape index (κ3) is 4.57. The van der Waals surface area contributed by atoms with Crippen molar-refractivity contribution in [1.82, 2.24) is 4.98 Å². The van der Waals surface area contributed by atoms with E-state index in [1.807, 2.05) is 6.07 Å². The lowest BCUT2D eigenvalue weighted by Crippen LogP contribution is -2.14. The second-order valence-electron chi connectivity index (χ2n) is 3.81. The number of halogens is 3. The zero-order valence-electron chi connectivity index (χ0n) is 10.1. The predicted molar refractivity (Wildman–Crippen MR) is 77.6 cm³/mol. The van der Waals surface area contributed by atoms with E-state index >= 15 is 0 Å². The first-order chi connectivity index (χ1) is 9.52. The highest BCUT2D eigenvalue weighted by molar-refractivity contribution is 9.10. The molecule has 3 nitrogen and oxygen atoms in total. The Bertz CT molecular complexity index is 602. The zero-order chi connectivity index (χ0) is 14.5. The molecule has 7 heteroatoms. The van der Waals surface area contributed by atoms with E-state index in [1.54, 1.807) is 12.3 Å². The van der Waals surface area contributed by atoms with E-state index in [0.29, 0.717) is 5.03 Å². The van der Waals surface area contributed by atoms with Gasteiger partial charge < -0.3 is 5.32 Å². The summed E-state index contributed by atoms with van der Waals surface area (Å²) >= 11 is 4.49. The largest absolute Gasteiger partial charge is 0.325 e. The Morgan fingerprint density at radius 1 is 1.25 bits per heavy atom. The Hall–Kier alpha value is -1.47. The normalized spacial score (nSPS) is 10.3. The van der Waals surface area contributed by atoms with Crippen molar-refractivity contribution in [3.63, 3.8) is 0 Å². The summed E-state index contributed by atoms with van der Waals surface area (Å²) in [6.45, 7) is 0. The number of aromatic nitrogens is 1. The number of nitrogens with one attached hydrogen (secondary N) is 1. The molecule has 1 N–H and O–H groups in total.